The Morgan fingerprint density at radius 2 is 2.22 bits per heavy atom. The zero-order valence-corrected chi connectivity index (χ0v) is 10.9. The van der Waals surface area contributed by atoms with E-state index >= 15 is 0 Å². The molecule has 2 N–H and O–H groups in total. The number of hydrogen-bond donors (Lipinski definition) is 1. The standard InChI is InChI=1S/C13H15ClN2O2/c1-16-11(17)6-5-10(13(15)18)12(16)8-3-2-4-9(14)7-8/h2-4,7,10,12H,5-6H2,1H3,(H2,15,18)/t10-,12+/m0/s1. The van der Waals surface area contributed by atoms with E-state index in [1.807, 2.05) is 12.1 Å². The van der Waals surface area contributed by atoms with Gasteiger partial charge in [0.1, 0.15) is 0 Å². The molecule has 2 rings (SSSR count). The summed E-state index contributed by atoms with van der Waals surface area (Å²) < 4.78 is 0. The fourth-order valence-electron chi connectivity index (χ4n) is 2.48. The molecule has 4 nitrogen and oxygen atoms in total. The number of carbonyl (C=O) groups excluding carboxylic acids is 2. The number of halogens is 1. The van der Waals surface area contributed by atoms with Crippen LogP contribution < -0.4 is 5.73 Å². The van der Waals surface area contributed by atoms with Gasteiger partial charge < -0.3 is 10.6 Å². The molecular weight excluding hydrogens is 252 g/mol. The third-order valence-electron chi connectivity index (χ3n) is 3.42. The molecule has 1 aliphatic heterocycles. The summed E-state index contributed by atoms with van der Waals surface area (Å²) in [5.41, 5.74) is 6.28. The highest BCUT2D eigenvalue weighted by atomic mass is 35.5. The Labute approximate surface area is 111 Å². The summed E-state index contributed by atoms with van der Waals surface area (Å²) in [5, 5.41) is 0.585. The Morgan fingerprint density at radius 3 is 2.83 bits per heavy atom. The molecule has 18 heavy (non-hydrogen) atoms. The van der Waals surface area contributed by atoms with E-state index in [9.17, 15) is 9.59 Å². The Bertz CT molecular complexity index is 490. The van der Waals surface area contributed by atoms with E-state index < -0.39 is 0 Å². The molecule has 1 saturated heterocycles. The lowest BCUT2D eigenvalue weighted by molar-refractivity contribution is -0.140. The van der Waals surface area contributed by atoms with Crippen LogP contribution in [0.4, 0.5) is 0 Å². The minimum atomic E-state index is -0.376. The highest BCUT2D eigenvalue weighted by Crippen LogP contribution is 2.36. The molecule has 1 aromatic rings. The molecule has 96 valence electrons. The first-order valence-corrected chi connectivity index (χ1v) is 6.19. The number of nitrogens with two attached hydrogens (primary N) is 1. The van der Waals surface area contributed by atoms with Crippen LogP contribution in [0.3, 0.4) is 0 Å². The molecule has 0 bridgehead atoms. The van der Waals surface area contributed by atoms with Crippen LogP contribution in [-0.2, 0) is 9.59 Å². The molecule has 1 aromatic carbocycles. The van der Waals surface area contributed by atoms with Gasteiger partial charge in [-0.1, -0.05) is 23.7 Å². The van der Waals surface area contributed by atoms with Gasteiger partial charge in [-0.05, 0) is 24.1 Å². The molecular formula is C13H15ClN2O2. The molecule has 0 saturated carbocycles. The molecule has 0 spiro atoms. The number of primary amides is 1. The molecule has 5 heteroatoms. The van der Waals surface area contributed by atoms with Crippen molar-refractivity contribution in [3.05, 3.63) is 34.9 Å². The number of amides is 2. The smallest absolute Gasteiger partial charge is 0.222 e. The first kappa shape index (κ1) is 12.9. The summed E-state index contributed by atoms with van der Waals surface area (Å²) in [4.78, 5) is 24.9. The lowest BCUT2D eigenvalue weighted by Gasteiger charge is -2.37. The van der Waals surface area contributed by atoms with Gasteiger partial charge in [-0.15, -0.1) is 0 Å². The summed E-state index contributed by atoms with van der Waals surface area (Å²) in [5.74, 6) is -0.706. The van der Waals surface area contributed by atoms with Crippen molar-refractivity contribution in [1.82, 2.24) is 4.90 Å². The van der Waals surface area contributed by atoms with Gasteiger partial charge in [0, 0.05) is 18.5 Å². The fourth-order valence-corrected chi connectivity index (χ4v) is 2.68. The zero-order valence-electron chi connectivity index (χ0n) is 10.1. The first-order chi connectivity index (χ1) is 8.50. The topological polar surface area (TPSA) is 63.4 Å². The Morgan fingerprint density at radius 1 is 1.50 bits per heavy atom. The van der Waals surface area contributed by atoms with Crippen LogP contribution in [-0.4, -0.2) is 23.8 Å². The van der Waals surface area contributed by atoms with Crippen molar-refractivity contribution in [2.75, 3.05) is 7.05 Å². The predicted molar refractivity (Wildman–Crippen MR) is 68.9 cm³/mol. The third-order valence-corrected chi connectivity index (χ3v) is 3.65. The van der Waals surface area contributed by atoms with Gasteiger partial charge in [0.25, 0.3) is 0 Å². The third kappa shape index (κ3) is 2.34. The SMILES string of the molecule is CN1C(=O)CC[C@H](C(N)=O)[C@H]1c1cccc(Cl)c1. The Balaban J connectivity index is 2.41. The van der Waals surface area contributed by atoms with E-state index in [1.165, 1.54) is 0 Å². The van der Waals surface area contributed by atoms with Crippen molar-refractivity contribution in [2.45, 2.75) is 18.9 Å². The van der Waals surface area contributed by atoms with Gasteiger partial charge in [0.15, 0.2) is 0 Å². The summed E-state index contributed by atoms with van der Waals surface area (Å²) in [6.45, 7) is 0. The van der Waals surface area contributed by atoms with Crippen molar-refractivity contribution in [1.29, 1.82) is 0 Å². The lowest BCUT2D eigenvalue weighted by Crippen LogP contribution is -2.44. The highest BCUT2D eigenvalue weighted by Gasteiger charge is 2.37. The molecule has 0 aliphatic carbocycles. The second-order valence-electron chi connectivity index (χ2n) is 4.55. The van der Waals surface area contributed by atoms with E-state index in [1.54, 1.807) is 24.1 Å². The number of likely N-dealkylation sites (tertiary alicyclic amines) is 1. The number of hydrogen-bond acceptors (Lipinski definition) is 2. The zero-order chi connectivity index (χ0) is 13.3. The summed E-state index contributed by atoms with van der Waals surface area (Å²) in [6, 6.07) is 6.89. The van der Waals surface area contributed by atoms with Gasteiger partial charge >= 0.3 is 0 Å². The van der Waals surface area contributed by atoms with Crippen molar-refractivity contribution >= 4 is 23.4 Å². The van der Waals surface area contributed by atoms with Crippen LogP contribution in [0.1, 0.15) is 24.4 Å². The molecule has 0 unspecified atom stereocenters. The van der Waals surface area contributed by atoms with Gasteiger partial charge in [0.2, 0.25) is 11.8 Å². The largest absolute Gasteiger partial charge is 0.369 e. The van der Waals surface area contributed by atoms with Crippen molar-refractivity contribution < 1.29 is 9.59 Å². The van der Waals surface area contributed by atoms with Crippen LogP contribution in [0.15, 0.2) is 24.3 Å². The van der Waals surface area contributed by atoms with Crippen LogP contribution in [0.2, 0.25) is 5.02 Å². The van der Waals surface area contributed by atoms with E-state index in [0.717, 1.165) is 5.56 Å². The summed E-state index contributed by atoms with van der Waals surface area (Å²) in [7, 11) is 1.70. The number of nitrogens with zero attached hydrogens (tertiary/aromatic N) is 1. The second-order valence-corrected chi connectivity index (χ2v) is 4.99. The molecule has 2 amide bonds. The first-order valence-electron chi connectivity index (χ1n) is 5.81. The molecule has 1 aliphatic rings. The Hall–Kier alpha value is -1.55. The molecule has 0 aromatic heterocycles. The van der Waals surface area contributed by atoms with E-state index in [4.69, 9.17) is 17.3 Å². The number of piperidine rings is 1. The van der Waals surface area contributed by atoms with E-state index in [0.29, 0.717) is 17.9 Å². The van der Waals surface area contributed by atoms with Crippen molar-refractivity contribution in [2.24, 2.45) is 11.7 Å². The molecule has 0 radical (unpaired) electrons. The highest BCUT2D eigenvalue weighted by molar-refractivity contribution is 6.30. The van der Waals surface area contributed by atoms with Gasteiger partial charge in [-0.2, -0.15) is 0 Å². The van der Waals surface area contributed by atoms with Gasteiger partial charge in [-0.25, -0.2) is 0 Å². The minimum absolute atomic E-state index is 0.0254. The van der Waals surface area contributed by atoms with E-state index in [-0.39, 0.29) is 23.8 Å². The maximum atomic E-state index is 11.8. The van der Waals surface area contributed by atoms with Crippen LogP contribution >= 0.6 is 11.6 Å². The molecule has 2 atom stereocenters. The van der Waals surface area contributed by atoms with Crippen molar-refractivity contribution in [3.63, 3.8) is 0 Å². The fraction of sp³-hybridized carbons (Fsp3) is 0.385. The normalized spacial score (nSPS) is 24.1. The summed E-state index contributed by atoms with van der Waals surface area (Å²) in [6.07, 6.45) is 0.858. The minimum Gasteiger partial charge on any atom is -0.369 e. The quantitative estimate of drug-likeness (QED) is 0.886. The maximum absolute atomic E-state index is 11.8. The number of rotatable bonds is 2. The summed E-state index contributed by atoms with van der Waals surface area (Å²) >= 11 is 5.96. The average molecular weight is 267 g/mol. The predicted octanol–water partition coefficient (Wildman–Crippen LogP) is 1.73. The lowest BCUT2D eigenvalue weighted by atomic mass is 9.84. The van der Waals surface area contributed by atoms with E-state index in [2.05, 4.69) is 0 Å². The second kappa shape index (κ2) is 4.98. The van der Waals surface area contributed by atoms with Crippen molar-refractivity contribution in [3.8, 4) is 0 Å². The van der Waals surface area contributed by atoms with Crippen LogP contribution in [0.5, 0.6) is 0 Å². The maximum Gasteiger partial charge on any atom is 0.222 e. The number of carbonyl (C=O) groups is 2. The van der Waals surface area contributed by atoms with Gasteiger partial charge in [0.05, 0.1) is 12.0 Å². The molecule has 1 fully saturated rings. The van der Waals surface area contributed by atoms with Crippen LogP contribution in [0.25, 0.3) is 0 Å². The van der Waals surface area contributed by atoms with Gasteiger partial charge in [-0.3, -0.25) is 9.59 Å². The average Bonchev–Trinajstić information content (AvgIpc) is 2.32. The van der Waals surface area contributed by atoms with Crippen LogP contribution in [0, 0.1) is 5.92 Å². The number of benzene rings is 1. The molecule has 1 heterocycles. The Kier molecular flexibility index (Phi) is 3.57. The monoisotopic (exact) mass is 266 g/mol.